The van der Waals surface area contributed by atoms with Crippen molar-refractivity contribution in [2.45, 2.75) is 40.4 Å². The molecular weight excluding hydrogens is 442 g/mol. The minimum Gasteiger partial charge on any atom is -0.494 e. The average molecular weight is 470 g/mol. The summed E-state index contributed by atoms with van der Waals surface area (Å²) in [5.74, 6) is 1.03. The molecule has 0 fully saturated rings. The van der Waals surface area contributed by atoms with Crippen LogP contribution in [0.1, 0.15) is 39.8 Å². The van der Waals surface area contributed by atoms with Crippen LogP contribution in [0.3, 0.4) is 0 Å². The molecule has 0 aliphatic rings. The molecule has 2 aromatic carbocycles. The van der Waals surface area contributed by atoms with E-state index in [1.807, 2.05) is 38.1 Å². The van der Waals surface area contributed by atoms with Gasteiger partial charge in [-0.1, -0.05) is 17.7 Å². The Morgan fingerprint density at radius 3 is 2.21 bits per heavy atom. The van der Waals surface area contributed by atoms with Crippen molar-refractivity contribution in [2.75, 3.05) is 6.61 Å². The number of hydrazine groups is 1. The molecule has 33 heavy (non-hydrogen) atoms. The van der Waals surface area contributed by atoms with Crippen LogP contribution >= 0.6 is 11.3 Å². The molecule has 0 aliphatic carbocycles. The Kier molecular flexibility index (Phi) is 8.26. The first-order valence-electron chi connectivity index (χ1n) is 10.5. The van der Waals surface area contributed by atoms with Crippen molar-refractivity contribution in [1.29, 1.82) is 0 Å². The van der Waals surface area contributed by atoms with Crippen LogP contribution in [0, 0.1) is 13.8 Å². The summed E-state index contributed by atoms with van der Waals surface area (Å²) < 4.78 is 16.7. The SMILES string of the molecule is CCOc1ccc(O[C@H](C)C(=O)NNC(=O)c2sc(COc3ccc(C)cc3)nc2C)cc1. The van der Waals surface area contributed by atoms with E-state index in [1.165, 1.54) is 11.3 Å². The second kappa shape index (κ2) is 11.3. The largest absolute Gasteiger partial charge is 0.494 e. The molecule has 2 amide bonds. The Balaban J connectivity index is 1.49. The van der Waals surface area contributed by atoms with Gasteiger partial charge in [-0.05, 0) is 64.1 Å². The zero-order chi connectivity index (χ0) is 23.8. The van der Waals surface area contributed by atoms with Gasteiger partial charge >= 0.3 is 0 Å². The van der Waals surface area contributed by atoms with Crippen LogP contribution in [0.5, 0.6) is 17.2 Å². The Morgan fingerprint density at radius 1 is 0.939 bits per heavy atom. The van der Waals surface area contributed by atoms with Gasteiger partial charge < -0.3 is 14.2 Å². The summed E-state index contributed by atoms with van der Waals surface area (Å²) in [6.07, 6.45) is -0.815. The molecule has 9 heteroatoms. The molecule has 174 valence electrons. The molecule has 0 saturated carbocycles. The standard InChI is InChI=1S/C24H27N3O5S/c1-5-30-18-10-12-20(13-11-18)32-17(4)23(28)26-27-24(29)22-16(3)25-21(33-22)14-31-19-8-6-15(2)7-9-19/h6-13,17H,5,14H2,1-4H3,(H,26,28)(H,27,29)/t17-/m1/s1. The summed E-state index contributed by atoms with van der Waals surface area (Å²) in [4.78, 5) is 29.6. The number of nitrogens with zero attached hydrogens (tertiary/aromatic N) is 1. The highest BCUT2D eigenvalue weighted by Gasteiger charge is 2.19. The van der Waals surface area contributed by atoms with Gasteiger partial charge in [-0.15, -0.1) is 11.3 Å². The van der Waals surface area contributed by atoms with Gasteiger partial charge in [-0.2, -0.15) is 0 Å². The third-order valence-corrected chi connectivity index (χ3v) is 5.68. The molecule has 0 aliphatic heterocycles. The fraction of sp³-hybridized carbons (Fsp3) is 0.292. The number of benzene rings is 2. The Hall–Kier alpha value is -3.59. The van der Waals surface area contributed by atoms with Crippen LogP contribution in [0.15, 0.2) is 48.5 Å². The number of hydrogen-bond acceptors (Lipinski definition) is 7. The van der Waals surface area contributed by atoms with Crippen LogP contribution in [0.4, 0.5) is 0 Å². The van der Waals surface area contributed by atoms with Gasteiger partial charge in [-0.25, -0.2) is 4.98 Å². The highest BCUT2D eigenvalue weighted by Crippen LogP contribution is 2.21. The number of aromatic nitrogens is 1. The maximum absolute atomic E-state index is 12.5. The van der Waals surface area contributed by atoms with Crippen molar-refractivity contribution in [2.24, 2.45) is 0 Å². The lowest BCUT2D eigenvalue weighted by Crippen LogP contribution is -2.47. The molecule has 0 bridgehead atoms. The van der Waals surface area contributed by atoms with Crippen LogP contribution in [0.25, 0.3) is 0 Å². The Labute approximate surface area is 196 Å². The highest BCUT2D eigenvalue weighted by atomic mass is 32.1. The molecular formula is C24H27N3O5S. The van der Waals surface area contributed by atoms with Crippen LogP contribution < -0.4 is 25.1 Å². The van der Waals surface area contributed by atoms with Crippen molar-refractivity contribution < 1.29 is 23.8 Å². The van der Waals surface area contributed by atoms with Crippen LogP contribution in [0.2, 0.25) is 0 Å². The van der Waals surface area contributed by atoms with E-state index in [9.17, 15) is 9.59 Å². The number of nitrogens with one attached hydrogen (secondary N) is 2. The van der Waals surface area contributed by atoms with Gasteiger partial charge in [-0.3, -0.25) is 20.4 Å². The van der Waals surface area contributed by atoms with Crippen molar-refractivity contribution in [1.82, 2.24) is 15.8 Å². The van der Waals surface area contributed by atoms with Crippen LogP contribution in [-0.4, -0.2) is 29.5 Å². The smallest absolute Gasteiger partial charge is 0.281 e. The lowest BCUT2D eigenvalue weighted by atomic mass is 10.2. The van der Waals surface area contributed by atoms with E-state index in [0.29, 0.717) is 27.9 Å². The van der Waals surface area contributed by atoms with E-state index in [4.69, 9.17) is 14.2 Å². The maximum atomic E-state index is 12.5. The molecule has 3 rings (SSSR count). The van der Waals surface area contributed by atoms with Gasteiger partial charge in [0.2, 0.25) is 0 Å². The summed E-state index contributed by atoms with van der Waals surface area (Å²) in [6.45, 7) is 8.06. The number of ether oxygens (including phenoxy) is 3. The molecule has 1 atom stereocenters. The van der Waals surface area contributed by atoms with Crippen molar-refractivity contribution in [3.8, 4) is 17.2 Å². The first-order chi connectivity index (χ1) is 15.9. The molecule has 3 aromatic rings. The zero-order valence-corrected chi connectivity index (χ0v) is 19.8. The second-order valence-electron chi connectivity index (χ2n) is 7.23. The normalized spacial score (nSPS) is 11.4. The third kappa shape index (κ3) is 6.95. The van der Waals surface area contributed by atoms with E-state index in [0.717, 1.165) is 17.1 Å². The van der Waals surface area contributed by atoms with Gasteiger partial charge in [0.05, 0.1) is 12.3 Å². The number of amides is 2. The first-order valence-corrected chi connectivity index (χ1v) is 11.3. The molecule has 8 nitrogen and oxygen atoms in total. The summed E-state index contributed by atoms with van der Waals surface area (Å²) >= 11 is 1.22. The second-order valence-corrected chi connectivity index (χ2v) is 8.32. The average Bonchev–Trinajstić information content (AvgIpc) is 3.19. The summed E-state index contributed by atoms with van der Waals surface area (Å²) in [7, 11) is 0. The summed E-state index contributed by atoms with van der Waals surface area (Å²) in [5, 5.41) is 0.664. The van der Waals surface area contributed by atoms with Crippen LogP contribution in [-0.2, 0) is 11.4 Å². The third-order valence-electron chi connectivity index (χ3n) is 4.55. The van der Waals surface area contributed by atoms with E-state index in [2.05, 4.69) is 15.8 Å². The fourth-order valence-electron chi connectivity index (χ4n) is 2.82. The molecule has 0 spiro atoms. The monoisotopic (exact) mass is 469 g/mol. The summed E-state index contributed by atoms with van der Waals surface area (Å²) in [5.41, 5.74) is 6.52. The van der Waals surface area contributed by atoms with E-state index < -0.39 is 17.9 Å². The van der Waals surface area contributed by atoms with Crippen molar-refractivity contribution in [3.05, 3.63) is 69.7 Å². The van der Waals surface area contributed by atoms with E-state index in [1.54, 1.807) is 38.1 Å². The zero-order valence-electron chi connectivity index (χ0n) is 19.0. The van der Waals surface area contributed by atoms with Gasteiger partial charge in [0.25, 0.3) is 11.8 Å². The maximum Gasteiger partial charge on any atom is 0.281 e. The fourth-order valence-corrected chi connectivity index (χ4v) is 3.69. The van der Waals surface area contributed by atoms with E-state index in [-0.39, 0.29) is 6.61 Å². The lowest BCUT2D eigenvalue weighted by molar-refractivity contribution is -0.128. The number of thiazole rings is 1. The van der Waals surface area contributed by atoms with Crippen molar-refractivity contribution in [3.63, 3.8) is 0 Å². The quantitative estimate of drug-likeness (QED) is 0.460. The number of rotatable bonds is 9. The topological polar surface area (TPSA) is 98.8 Å². The molecule has 2 N–H and O–H groups in total. The minimum atomic E-state index is -0.815. The predicted octanol–water partition coefficient (Wildman–Crippen LogP) is 3.97. The van der Waals surface area contributed by atoms with Gasteiger partial charge in [0.15, 0.2) is 6.10 Å². The van der Waals surface area contributed by atoms with Gasteiger partial charge in [0.1, 0.15) is 33.7 Å². The molecule has 1 heterocycles. The Bertz CT molecular complexity index is 1080. The van der Waals surface area contributed by atoms with Gasteiger partial charge in [0, 0.05) is 0 Å². The Morgan fingerprint density at radius 2 is 1.55 bits per heavy atom. The molecule has 0 saturated heterocycles. The highest BCUT2D eigenvalue weighted by molar-refractivity contribution is 7.13. The number of carbonyl (C=O) groups is 2. The van der Waals surface area contributed by atoms with Crippen molar-refractivity contribution >= 4 is 23.2 Å². The van der Waals surface area contributed by atoms with E-state index >= 15 is 0 Å². The lowest BCUT2D eigenvalue weighted by Gasteiger charge is -2.15. The first kappa shape index (κ1) is 24.1. The number of carbonyl (C=O) groups excluding carboxylic acids is 2. The number of aryl methyl sites for hydroxylation is 2. The summed E-state index contributed by atoms with van der Waals surface area (Å²) in [6, 6.07) is 14.7. The minimum absolute atomic E-state index is 0.251. The molecule has 1 aromatic heterocycles. The predicted molar refractivity (Wildman–Crippen MR) is 126 cm³/mol. The number of hydrogen-bond donors (Lipinski definition) is 2. The molecule has 0 radical (unpaired) electrons. The molecule has 0 unspecified atom stereocenters.